The first kappa shape index (κ1) is 10.7. The van der Waals surface area contributed by atoms with E-state index in [4.69, 9.17) is 5.53 Å². The first-order valence-corrected chi connectivity index (χ1v) is 5.41. The molecule has 6 heteroatoms. The quantitative estimate of drug-likeness (QED) is 0.519. The summed E-state index contributed by atoms with van der Waals surface area (Å²) < 4.78 is 1.01. The maximum atomic E-state index is 8.12. The van der Waals surface area contributed by atoms with Crippen LogP contribution in [0.25, 0.3) is 27.4 Å². The molecule has 0 bridgehead atoms. The Labute approximate surface area is 99.9 Å². The number of rotatable bonds is 3. The van der Waals surface area contributed by atoms with E-state index >= 15 is 0 Å². The molecule has 1 N–H and O–H groups in total. The zero-order valence-electron chi connectivity index (χ0n) is 8.26. The van der Waals surface area contributed by atoms with Crippen LogP contribution in [0.5, 0.6) is 0 Å². The van der Waals surface area contributed by atoms with Gasteiger partial charge in [-0.1, -0.05) is 27.1 Å². The zero-order valence-corrected chi connectivity index (χ0v) is 9.85. The summed E-state index contributed by atoms with van der Waals surface area (Å²) in [5.41, 5.74) is 9.94. The summed E-state index contributed by atoms with van der Waals surface area (Å²) in [6.45, 7) is 0.335. The Morgan fingerprint density at radius 2 is 2.44 bits per heavy atom. The van der Waals surface area contributed by atoms with Gasteiger partial charge in [0.2, 0.25) is 0 Å². The molecule has 0 aliphatic carbocycles. The number of H-pyrrole nitrogens is 1. The fraction of sp³-hybridized carbons (Fsp3) is 0.100. The molecule has 0 radical (unpaired) electrons. The molecular formula is C10H8BrN5. The first-order chi connectivity index (χ1) is 7.81. The molecule has 80 valence electrons. The summed E-state index contributed by atoms with van der Waals surface area (Å²) in [7, 11) is 0. The molecule has 0 unspecified atom stereocenters. The minimum Gasteiger partial charge on any atom is -0.277 e. The highest BCUT2D eigenvalue weighted by atomic mass is 79.9. The largest absolute Gasteiger partial charge is 0.277 e. The van der Waals surface area contributed by atoms with Gasteiger partial charge >= 0.3 is 0 Å². The van der Waals surface area contributed by atoms with E-state index in [1.165, 1.54) is 0 Å². The molecule has 1 aromatic carbocycles. The molecule has 0 aliphatic rings. The SMILES string of the molecule is [N-]=[N+]=NCC=Cc1n[nH]c2cc(Br)ccc12. The van der Waals surface area contributed by atoms with E-state index in [1.807, 2.05) is 24.3 Å². The molecule has 16 heavy (non-hydrogen) atoms. The summed E-state index contributed by atoms with van der Waals surface area (Å²) in [6.07, 6.45) is 3.61. The number of hydrogen-bond acceptors (Lipinski definition) is 2. The second kappa shape index (κ2) is 4.83. The van der Waals surface area contributed by atoms with Crippen molar-refractivity contribution < 1.29 is 0 Å². The smallest absolute Gasteiger partial charge is 0.0924 e. The lowest BCUT2D eigenvalue weighted by Crippen LogP contribution is -1.74. The molecule has 1 heterocycles. The van der Waals surface area contributed by atoms with Crippen molar-refractivity contribution in [1.29, 1.82) is 0 Å². The highest BCUT2D eigenvalue weighted by molar-refractivity contribution is 9.10. The molecule has 0 saturated carbocycles. The minimum atomic E-state index is 0.335. The van der Waals surface area contributed by atoms with E-state index in [1.54, 1.807) is 6.08 Å². The van der Waals surface area contributed by atoms with Crippen LogP contribution in [0.4, 0.5) is 0 Å². The van der Waals surface area contributed by atoms with Crippen LogP contribution in [0.1, 0.15) is 5.69 Å². The third-order valence-electron chi connectivity index (χ3n) is 2.08. The zero-order chi connectivity index (χ0) is 11.4. The summed E-state index contributed by atoms with van der Waals surface area (Å²) in [4.78, 5) is 2.67. The lowest BCUT2D eigenvalue weighted by atomic mass is 10.2. The number of aromatic amines is 1. The molecule has 0 atom stereocenters. The number of benzene rings is 1. The van der Waals surface area contributed by atoms with E-state index in [0.29, 0.717) is 6.54 Å². The van der Waals surface area contributed by atoms with Crippen LogP contribution < -0.4 is 0 Å². The second-order valence-corrected chi connectivity index (χ2v) is 4.03. The number of azide groups is 1. The van der Waals surface area contributed by atoms with Crippen LogP contribution >= 0.6 is 15.9 Å². The lowest BCUT2D eigenvalue weighted by molar-refractivity contribution is 1.10. The second-order valence-electron chi connectivity index (χ2n) is 3.11. The van der Waals surface area contributed by atoms with Crippen molar-refractivity contribution in [2.75, 3.05) is 6.54 Å². The van der Waals surface area contributed by atoms with Crippen LogP contribution in [-0.4, -0.2) is 16.7 Å². The van der Waals surface area contributed by atoms with Crippen molar-refractivity contribution >= 4 is 32.9 Å². The van der Waals surface area contributed by atoms with E-state index < -0.39 is 0 Å². The van der Waals surface area contributed by atoms with Gasteiger partial charge in [0.15, 0.2) is 0 Å². The fourth-order valence-electron chi connectivity index (χ4n) is 1.39. The monoisotopic (exact) mass is 277 g/mol. The Hall–Kier alpha value is -1.78. The van der Waals surface area contributed by atoms with Crippen molar-refractivity contribution in [3.63, 3.8) is 0 Å². The van der Waals surface area contributed by atoms with Crippen molar-refractivity contribution in [2.24, 2.45) is 5.11 Å². The Bertz CT molecular complexity index is 580. The molecule has 0 saturated heterocycles. The highest BCUT2D eigenvalue weighted by Gasteiger charge is 2.01. The van der Waals surface area contributed by atoms with Crippen LogP contribution in [0.3, 0.4) is 0 Å². The van der Waals surface area contributed by atoms with Gasteiger partial charge in [0.25, 0.3) is 0 Å². The van der Waals surface area contributed by atoms with E-state index in [9.17, 15) is 0 Å². The Morgan fingerprint density at radius 3 is 3.25 bits per heavy atom. The Morgan fingerprint density at radius 1 is 1.56 bits per heavy atom. The van der Waals surface area contributed by atoms with Crippen molar-refractivity contribution in [2.45, 2.75) is 0 Å². The van der Waals surface area contributed by atoms with Crippen LogP contribution in [-0.2, 0) is 0 Å². The Kier molecular flexibility index (Phi) is 3.24. The molecule has 5 nitrogen and oxygen atoms in total. The van der Waals surface area contributed by atoms with Gasteiger partial charge in [-0.25, -0.2) is 0 Å². The standard InChI is InChI=1S/C10H8BrN5/c11-7-3-4-8-9(2-1-5-13-16-12)14-15-10(8)6-7/h1-4,6H,5H2,(H,14,15). The average Bonchev–Trinajstić information content (AvgIpc) is 2.67. The predicted octanol–water partition coefficient (Wildman–Crippen LogP) is 3.65. The van der Waals surface area contributed by atoms with Gasteiger partial charge in [-0.15, -0.1) is 0 Å². The third kappa shape index (κ3) is 2.24. The van der Waals surface area contributed by atoms with Crippen LogP contribution in [0.2, 0.25) is 0 Å². The van der Waals surface area contributed by atoms with E-state index in [0.717, 1.165) is 21.1 Å². The number of fused-ring (bicyclic) bond motifs is 1. The van der Waals surface area contributed by atoms with E-state index in [-0.39, 0.29) is 0 Å². The number of aromatic nitrogens is 2. The molecule has 0 spiro atoms. The fourth-order valence-corrected chi connectivity index (χ4v) is 1.75. The number of halogens is 1. The van der Waals surface area contributed by atoms with Crippen molar-refractivity contribution in [3.05, 3.63) is 44.9 Å². The summed E-state index contributed by atoms with van der Waals surface area (Å²) in [6, 6.07) is 5.91. The van der Waals surface area contributed by atoms with Gasteiger partial charge in [0.1, 0.15) is 0 Å². The molecule has 2 aromatic rings. The minimum absolute atomic E-state index is 0.335. The molecule has 2 rings (SSSR count). The van der Waals surface area contributed by atoms with Gasteiger partial charge in [-0.2, -0.15) is 5.10 Å². The summed E-state index contributed by atoms with van der Waals surface area (Å²) >= 11 is 3.39. The number of nitrogens with one attached hydrogen (secondary N) is 1. The summed E-state index contributed by atoms with van der Waals surface area (Å²) in [5, 5.41) is 11.6. The van der Waals surface area contributed by atoms with Gasteiger partial charge < -0.3 is 0 Å². The first-order valence-electron chi connectivity index (χ1n) is 4.62. The average molecular weight is 278 g/mol. The van der Waals surface area contributed by atoms with Crippen molar-refractivity contribution in [1.82, 2.24) is 10.2 Å². The van der Waals surface area contributed by atoms with Gasteiger partial charge in [-0.05, 0) is 29.8 Å². The molecule has 1 aromatic heterocycles. The van der Waals surface area contributed by atoms with Gasteiger partial charge in [0, 0.05) is 21.3 Å². The molecular weight excluding hydrogens is 270 g/mol. The topological polar surface area (TPSA) is 77.4 Å². The number of nitrogens with zero attached hydrogens (tertiary/aromatic N) is 4. The third-order valence-corrected chi connectivity index (χ3v) is 2.57. The molecule has 0 aliphatic heterocycles. The number of hydrogen-bond donors (Lipinski definition) is 1. The van der Waals surface area contributed by atoms with E-state index in [2.05, 4.69) is 36.2 Å². The molecule has 0 fully saturated rings. The maximum absolute atomic E-state index is 8.12. The Balaban J connectivity index is 2.31. The van der Waals surface area contributed by atoms with Crippen molar-refractivity contribution in [3.8, 4) is 0 Å². The normalized spacial score (nSPS) is 10.8. The maximum Gasteiger partial charge on any atom is 0.0924 e. The highest BCUT2D eigenvalue weighted by Crippen LogP contribution is 2.21. The van der Waals surface area contributed by atoms with Crippen LogP contribution in [0, 0.1) is 0 Å². The van der Waals surface area contributed by atoms with Gasteiger partial charge in [-0.3, -0.25) is 5.10 Å². The van der Waals surface area contributed by atoms with Crippen LogP contribution in [0.15, 0.2) is 33.9 Å². The lowest BCUT2D eigenvalue weighted by Gasteiger charge is -1.91. The summed E-state index contributed by atoms with van der Waals surface area (Å²) in [5.74, 6) is 0. The molecule has 0 amide bonds. The predicted molar refractivity (Wildman–Crippen MR) is 66.8 cm³/mol. The van der Waals surface area contributed by atoms with Gasteiger partial charge in [0.05, 0.1) is 11.2 Å².